The van der Waals surface area contributed by atoms with Crippen molar-refractivity contribution in [2.45, 2.75) is 51.9 Å². The van der Waals surface area contributed by atoms with Crippen LogP contribution in [-0.2, 0) is 4.79 Å². The van der Waals surface area contributed by atoms with Crippen molar-refractivity contribution in [2.24, 2.45) is 5.92 Å². The zero-order chi connectivity index (χ0) is 11.8. The molecule has 1 fully saturated rings. The fourth-order valence-corrected chi connectivity index (χ4v) is 2.03. The van der Waals surface area contributed by atoms with Crippen LogP contribution in [0.25, 0.3) is 0 Å². The maximum Gasteiger partial charge on any atom is 0.317 e. The molecule has 1 aliphatic rings. The maximum absolute atomic E-state index is 10.7. The number of carboxylic acid groups (broad SMARTS) is 1. The molecule has 3 nitrogen and oxygen atoms in total. The molecular weight excluding hydrogens is 202 g/mol. The van der Waals surface area contributed by atoms with Gasteiger partial charge in [0.25, 0.3) is 0 Å². The molecule has 1 N–H and O–H groups in total. The Hall–Kier alpha value is -0.570. The minimum atomic E-state index is -0.686. The number of carboxylic acids is 1. The monoisotopic (exact) mass is 227 g/mol. The van der Waals surface area contributed by atoms with E-state index in [1.807, 2.05) is 0 Å². The Balaban J connectivity index is 2.07. The van der Waals surface area contributed by atoms with Gasteiger partial charge in [-0.2, -0.15) is 0 Å². The lowest BCUT2D eigenvalue weighted by atomic mass is 10.1. The summed E-state index contributed by atoms with van der Waals surface area (Å²) >= 11 is 0. The molecule has 0 radical (unpaired) electrons. The highest BCUT2D eigenvalue weighted by atomic mass is 16.4. The van der Waals surface area contributed by atoms with Gasteiger partial charge in [-0.05, 0) is 31.7 Å². The van der Waals surface area contributed by atoms with Gasteiger partial charge in [0.2, 0.25) is 0 Å². The van der Waals surface area contributed by atoms with Crippen LogP contribution in [0.4, 0.5) is 0 Å². The number of carbonyl (C=O) groups is 1. The van der Waals surface area contributed by atoms with E-state index in [1.54, 1.807) is 0 Å². The highest BCUT2D eigenvalue weighted by molar-refractivity contribution is 5.69. The molecule has 16 heavy (non-hydrogen) atoms. The Labute approximate surface area is 98.8 Å². The van der Waals surface area contributed by atoms with Crippen molar-refractivity contribution >= 4 is 5.97 Å². The second-order valence-electron chi connectivity index (χ2n) is 4.99. The van der Waals surface area contributed by atoms with Gasteiger partial charge in [-0.15, -0.1) is 0 Å². The van der Waals surface area contributed by atoms with Gasteiger partial charge in [-0.25, -0.2) is 0 Å². The van der Waals surface area contributed by atoms with Crippen molar-refractivity contribution < 1.29 is 9.90 Å². The lowest BCUT2D eigenvalue weighted by Gasteiger charge is -2.19. The summed E-state index contributed by atoms with van der Waals surface area (Å²) < 4.78 is 0. The summed E-state index contributed by atoms with van der Waals surface area (Å²) in [5.74, 6) is 0.101. The highest BCUT2D eigenvalue weighted by Crippen LogP contribution is 2.29. The first kappa shape index (κ1) is 13.5. The van der Waals surface area contributed by atoms with Crippen LogP contribution >= 0.6 is 0 Å². The number of nitrogens with zero attached hydrogens (tertiary/aromatic N) is 1. The average Bonchev–Trinajstić information content (AvgIpc) is 3.00. The number of hydrogen-bond acceptors (Lipinski definition) is 2. The molecule has 0 saturated heterocycles. The Morgan fingerprint density at radius 3 is 2.50 bits per heavy atom. The third-order valence-electron chi connectivity index (χ3n) is 3.15. The first-order valence-electron chi connectivity index (χ1n) is 6.66. The molecule has 1 aliphatic carbocycles. The quantitative estimate of drug-likeness (QED) is 0.583. The molecule has 0 unspecified atom stereocenters. The first-order chi connectivity index (χ1) is 7.72. The molecule has 0 aromatic rings. The molecule has 0 aromatic carbocycles. The van der Waals surface area contributed by atoms with E-state index >= 15 is 0 Å². The van der Waals surface area contributed by atoms with Crippen molar-refractivity contribution in [3.63, 3.8) is 0 Å². The summed E-state index contributed by atoms with van der Waals surface area (Å²) in [5.41, 5.74) is 0. The maximum atomic E-state index is 10.7. The van der Waals surface area contributed by atoms with E-state index in [-0.39, 0.29) is 6.54 Å². The van der Waals surface area contributed by atoms with Crippen LogP contribution in [0.2, 0.25) is 0 Å². The smallest absolute Gasteiger partial charge is 0.317 e. The van der Waals surface area contributed by atoms with Gasteiger partial charge in [0.05, 0.1) is 6.54 Å². The van der Waals surface area contributed by atoms with E-state index in [1.165, 1.54) is 38.5 Å². The molecule has 0 amide bonds. The SMILES string of the molecule is CCCCCCCN(CC(=O)O)CC1CC1. The third kappa shape index (κ3) is 6.83. The van der Waals surface area contributed by atoms with E-state index in [9.17, 15) is 4.79 Å². The molecule has 1 rings (SSSR count). The van der Waals surface area contributed by atoms with Crippen LogP contribution in [0, 0.1) is 5.92 Å². The fourth-order valence-electron chi connectivity index (χ4n) is 2.03. The third-order valence-corrected chi connectivity index (χ3v) is 3.15. The van der Waals surface area contributed by atoms with E-state index in [0.717, 1.165) is 25.4 Å². The number of rotatable bonds is 10. The molecule has 0 spiro atoms. The van der Waals surface area contributed by atoms with Gasteiger partial charge >= 0.3 is 5.97 Å². The molecule has 0 aliphatic heterocycles. The minimum absolute atomic E-state index is 0.226. The minimum Gasteiger partial charge on any atom is -0.480 e. The van der Waals surface area contributed by atoms with Crippen LogP contribution in [-0.4, -0.2) is 35.6 Å². The van der Waals surface area contributed by atoms with Crippen molar-refractivity contribution in [3.8, 4) is 0 Å². The Kier molecular flexibility index (Phi) is 6.46. The second-order valence-corrected chi connectivity index (χ2v) is 4.99. The second kappa shape index (κ2) is 7.66. The van der Waals surface area contributed by atoms with Crippen molar-refractivity contribution in [1.82, 2.24) is 4.90 Å². The van der Waals surface area contributed by atoms with Crippen LogP contribution in [0.1, 0.15) is 51.9 Å². The zero-order valence-electron chi connectivity index (χ0n) is 10.5. The van der Waals surface area contributed by atoms with Gasteiger partial charge in [0.15, 0.2) is 0 Å². The Morgan fingerprint density at radius 1 is 1.25 bits per heavy atom. The predicted molar refractivity (Wildman–Crippen MR) is 65.6 cm³/mol. The van der Waals surface area contributed by atoms with E-state index < -0.39 is 5.97 Å². The summed E-state index contributed by atoms with van der Waals surface area (Å²) in [5, 5.41) is 8.82. The van der Waals surface area contributed by atoms with Gasteiger partial charge < -0.3 is 5.11 Å². The highest BCUT2D eigenvalue weighted by Gasteiger charge is 2.24. The van der Waals surface area contributed by atoms with Gasteiger partial charge in [-0.1, -0.05) is 32.6 Å². The lowest BCUT2D eigenvalue weighted by molar-refractivity contribution is -0.138. The van der Waals surface area contributed by atoms with Crippen LogP contribution < -0.4 is 0 Å². The summed E-state index contributed by atoms with van der Waals surface area (Å²) in [6.45, 7) is 4.40. The van der Waals surface area contributed by atoms with Crippen LogP contribution in [0.3, 0.4) is 0 Å². The van der Waals surface area contributed by atoms with Gasteiger partial charge in [0.1, 0.15) is 0 Å². The lowest BCUT2D eigenvalue weighted by Crippen LogP contribution is -2.32. The van der Waals surface area contributed by atoms with Crippen molar-refractivity contribution in [2.75, 3.05) is 19.6 Å². The zero-order valence-corrected chi connectivity index (χ0v) is 10.5. The van der Waals surface area contributed by atoms with E-state index in [4.69, 9.17) is 5.11 Å². The molecule has 0 atom stereocenters. The topological polar surface area (TPSA) is 40.5 Å². The average molecular weight is 227 g/mol. The number of unbranched alkanes of at least 4 members (excludes halogenated alkanes) is 4. The molecule has 3 heteroatoms. The van der Waals surface area contributed by atoms with Gasteiger partial charge in [0, 0.05) is 6.54 Å². The summed E-state index contributed by atoms with van der Waals surface area (Å²) in [6, 6.07) is 0. The van der Waals surface area contributed by atoms with Gasteiger partial charge in [-0.3, -0.25) is 9.69 Å². The molecule has 0 aromatic heterocycles. The number of hydrogen-bond donors (Lipinski definition) is 1. The molecule has 0 heterocycles. The molecule has 94 valence electrons. The molecule has 0 bridgehead atoms. The Morgan fingerprint density at radius 2 is 1.94 bits per heavy atom. The van der Waals surface area contributed by atoms with Crippen molar-refractivity contribution in [1.29, 1.82) is 0 Å². The van der Waals surface area contributed by atoms with Crippen LogP contribution in [0.15, 0.2) is 0 Å². The summed E-state index contributed by atoms with van der Waals surface area (Å²) in [6.07, 6.45) is 8.86. The summed E-state index contributed by atoms with van der Waals surface area (Å²) in [7, 11) is 0. The van der Waals surface area contributed by atoms with E-state index in [0.29, 0.717) is 0 Å². The van der Waals surface area contributed by atoms with Crippen molar-refractivity contribution in [3.05, 3.63) is 0 Å². The molecule has 1 saturated carbocycles. The Bertz CT molecular complexity index is 202. The summed E-state index contributed by atoms with van der Waals surface area (Å²) in [4.78, 5) is 12.8. The van der Waals surface area contributed by atoms with Crippen LogP contribution in [0.5, 0.6) is 0 Å². The fraction of sp³-hybridized carbons (Fsp3) is 0.923. The van der Waals surface area contributed by atoms with E-state index in [2.05, 4.69) is 11.8 Å². The molecular formula is C13H25NO2. The number of aliphatic carboxylic acids is 1. The largest absolute Gasteiger partial charge is 0.480 e. The normalized spacial score (nSPS) is 15.6. The first-order valence-corrected chi connectivity index (χ1v) is 6.66. The predicted octanol–water partition coefficient (Wildman–Crippen LogP) is 2.75. The standard InChI is InChI=1S/C13H25NO2/c1-2-3-4-5-6-9-14(11-13(15)16)10-12-7-8-12/h12H,2-11H2,1H3,(H,15,16).